The highest BCUT2D eigenvalue weighted by atomic mass is 16.5. The van der Waals surface area contributed by atoms with Crippen molar-refractivity contribution in [1.82, 2.24) is 4.90 Å². The highest BCUT2D eigenvalue weighted by molar-refractivity contribution is 5.75. The molecule has 1 aromatic rings. The number of aliphatic carboxylic acids is 1. The summed E-state index contributed by atoms with van der Waals surface area (Å²) in [6, 6.07) is 3.94. The van der Waals surface area contributed by atoms with Gasteiger partial charge in [-0.25, -0.2) is 4.79 Å². The maximum atomic E-state index is 11.3. The van der Waals surface area contributed by atoms with Crippen LogP contribution in [0.5, 0.6) is 11.5 Å². The van der Waals surface area contributed by atoms with Crippen molar-refractivity contribution in [2.45, 2.75) is 38.7 Å². The van der Waals surface area contributed by atoms with E-state index in [2.05, 4.69) is 16.7 Å². The number of fused-ring (bicyclic) bond motifs is 1. The summed E-state index contributed by atoms with van der Waals surface area (Å²) in [4.78, 5) is 16.1. The number of methoxy groups -OCH3 is 1. The fourth-order valence-corrected chi connectivity index (χ4v) is 3.57. The van der Waals surface area contributed by atoms with E-state index < -0.39 is 12.1 Å². The van der Waals surface area contributed by atoms with Gasteiger partial charge in [0, 0.05) is 37.8 Å². The van der Waals surface area contributed by atoms with Crippen LogP contribution in [-0.4, -0.2) is 61.9 Å². The lowest BCUT2D eigenvalue weighted by atomic mass is 10.00. The average Bonchev–Trinajstić information content (AvgIpc) is 2.65. The number of anilines is 1. The third-order valence-corrected chi connectivity index (χ3v) is 5.11. The molecule has 2 heterocycles. The average molecular weight is 348 g/mol. The molecule has 0 bridgehead atoms. The monoisotopic (exact) mass is 348 g/mol. The first kappa shape index (κ1) is 17.9. The first-order valence-corrected chi connectivity index (χ1v) is 9.20. The van der Waals surface area contributed by atoms with E-state index in [1.807, 2.05) is 12.1 Å². The van der Waals surface area contributed by atoms with E-state index in [-0.39, 0.29) is 0 Å². The molecular weight excluding hydrogens is 320 g/mol. The minimum Gasteiger partial charge on any atom is -0.497 e. The van der Waals surface area contributed by atoms with Crippen LogP contribution in [0.4, 0.5) is 5.69 Å². The summed E-state index contributed by atoms with van der Waals surface area (Å²) in [6.07, 6.45) is 2.89. The Balaban J connectivity index is 1.80. The van der Waals surface area contributed by atoms with Gasteiger partial charge in [-0.3, -0.25) is 4.90 Å². The van der Waals surface area contributed by atoms with Crippen LogP contribution in [0, 0.1) is 0 Å². The molecule has 0 aliphatic carbocycles. The van der Waals surface area contributed by atoms with Gasteiger partial charge >= 0.3 is 5.97 Å². The first-order valence-electron chi connectivity index (χ1n) is 9.20. The summed E-state index contributed by atoms with van der Waals surface area (Å²) in [7, 11) is 1.66. The van der Waals surface area contributed by atoms with Gasteiger partial charge in [0.25, 0.3) is 0 Å². The van der Waals surface area contributed by atoms with Crippen LogP contribution in [0.3, 0.4) is 0 Å². The number of aryl methyl sites for hydroxylation is 1. The number of carbonyl (C=O) groups is 1. The van der Waals surface area contributed by atoms with E-state index in [4.69, 9.17) is 9.47 Å². The number of carboxylic acid groups (broad SMARTS) is 1. The van der Waals surface area contributed by atoms with Gasteiger partial charge in [0.1, 0.15) is 11.5 Å². The highest BCUT2D eigenvalue weighted by Crippen LogP contribution is 2.41. The molecule has 1 fully saturated rings. The van der Waals surface area contributed by atoms with Crippen LogP contribution in [0.25, 0.3) is 0 Å². The molecule has 1 atom stereocenters. The molecule has 3 rings (SSSR count). The molecule has 6 heteroatoms. The minimum atomic E-state index is -0.892. The summed E-state index contributed by atoms with van der Waals surface area (Å²) in [5.41, 5.74) is 2.01. The number of rotatable bonds is 6. The summed E-state index contributed by atoms with van der Waals surface area (Å²) in [6.45, 7) is 7.25. The number of nitrogens with zero attached hydrogens (tertiary/aromatic N) is 2. The van der Waals surface area contributed by atoms with Crippen molar-refractivity contribution in [2.75, 3.05) is 44.7 Å². The zero-order valence-electron chi connectivity index (χ0n) is 15.2. The summed E-state index contributed by atoms with van der Waals surface area (Å²) in [5.74, 6) is 0.637. The highest BCUT2D eigenvalue weighted by Gasteiger charge is 2.30. The van der Waals surface area contributed by atoms with Crippen LogP contribution in [0.1, 0.15) is 31.7 Å². The number of hydrogen-bond acceptors (Lipinski definition) is 5. The minimum absolute atomic E-state index is 0.500. The molecule has 0 amide bonds. The second-order valence-corrected chi connectivity index (χ2v) is 6.80. The Labute approximate surface area is 149 Å². The van der Waals surface area contributed by atoms with Crippen LogP contribution >= 0.6 is 0 Å². The largest absolute Gasteiger partial charge is 0.497 e. The van der Waals surface area contributed by atoms with Crippen molar-refractivity contribution in [1.29, 1.82) is 0 Å². The molecule has 1 saturated heterocycles. The van der Waals surface area contributed by atoms with Crippen molar-refractivity contribution in [3.05, 3.63) is 17.7 Å². The van der Waals surface area contributed by atoms with Crippen LogP contribution in [0.15, 0.2) is 12.1 Å². The van der Waals surface area contributed by atoms with Gasteiger partial charge in [-0.1, -0.05) is 13.3 Å². The number of unbranched alkanes of at least 4 members (excludes halogenated alkanes) is 1. The Hall–Kier alpha value is -1.95. The SMILES string of the molecule is CCCCN1CCN(c2cc(OC)cc3c2OC(C(=O)O)CC3)CC1. The van der Waals surface area contributed by atoms with Crippen molar-refractivity contribution in [2.24, 2.45) is 0 Å². The third-order valence-electron chi connectivity index (χ3n) is 5.11. The molecule has 0 saturated carbocycles. The second kappa shape index (κ2) is 7.95. The molecule has 1 unspecified atom stereocenters. The first-order chi connectivity index (χ1) is 12.1. The lowest BCUT2D eigenvalue weighted by Gasteiger charge is -2.38. The molecule has 1 N–H and O–H groups in total. The molecule has 0 aromatic heterocycles. The Bertz CT molecular complexity index is 612. The summed E-state index contributed by atoms with van der Waals surface area (Å²) in [5, 5.41) is 9.31. The predicted molar refractivity (Wildman–Crippen MR) is 96.9 cm³/mol. The Morgan fingerprint density at radius 1 is 1.32 bits per heavy atom. The van der Waals surface area contributed by atoms with Gasteiger partial charge in [-0.2, -0.15) is 0 Å². The molecular formula is C19H28N2O4. The fourth-order valence-electron chi connectivity index (χ4n) is 3.57. The van der Waals surface area contributed by atoms with E-state index in [0.717, 1.165) is 55.5 Å². The van der Waals surface area contributed by atoms with Gasteiger partial charge < -0.3 is 19.5 Å². The van der Waals surface area contributed by atoms with Gasteiger partial charge in [-0.05, 0) is 31.9 Å². The Morgan fingerprint density at radius 3 is 2.72 bits per heavy atom. The molecule has 138 valence electrons. The van der Waals surface area contributed by atoms with Crippen molar-refractivity contribution < 1.29 is 19.4 Å². The normalized spacial score (nSPS) is 20.7. The standard InChI is InChI=1S/C19H28N2O4/c1-3-4-7-20-8-10-21(11-9-20)16-13-15(24-2)12-14-5-6-17(19(22)23)25-18(14)16/h12-13,17H,3-11H2,1-2H3,(H,22,23). The van der Waals surface area contributed by atoms with Gasteiger partial charge in [0.15, 0.2) is 6.10 Å². The topological polar surface area (TPSA) is 62.2 Å². The molecule has 2 aliphatic heterocycles. The van der Waals surface area contributed by atoms with E-state index in [1.54, 1.807) is 7.11 Å². The van der Waals surface area contributed by atoms with Crippen LogP contribution in [0.2, 0.25) is 0 Å². The molecule has 1 aromatic carbocycles. The quantitative estimate of drug-likeness (QED) is 0.852. The number of ether oxygens (including phenoxy) is 2. The summed E-state index contributed by atoms with van der Waals surface area (Å²) >= 11 is 0. The molecule has 0 radical (unpaired) electrons. The van der Waals surface area contributed by atoms with Gasteiger partial charge in [0.2, 0.25) is 0 Å². The van der Waals surface area contributed by atoms with Crippen LogP contribution in [-0.2, 0) is 11.2 Å². The van der Waals surface area contributed by atoms with E-state index in [0.29, 0.717) is 12.8 Å². The lowest BCUT2D eigenvalue weighted by molar-refractivity contribution is -0.145. The molecule has 6 nitrogen and oxygen atoms in total. The van der Waals surface area contributed by atoms with Gasteiger partial charge in [0.05, 0.1) is 12.8 Å². The lowest BCUT2D eigenvalue weighted by Crippen LogP contribution is -2.47. The number of hydrogen-bond donors (Lipinski definition) is 1. The molecule has 2 aliphatic rings. The van der Waals surface area contributed by atoms with Gasteiger partial charge in [-0.15, -0.1) is 0 Å². The maximum absolute atomic E-state index is 11.3. The van der Waals surface area contributed by atoms with E-state index >= 15 is 0 Å². The fraction of sp³-hybridized carbons (Fsp3) is 0.632. The third kappa shape index (κ3) is 4.00. The smallest absolute Gasteiger partial charge is 0.344 e. The van der Waals surface area contributed by atoms with Crippen molar-refractivity contribution in [3.63, 3.8) is 0 Å². The predicted octanol–water partition coefficient (Wildman–Crippen LogP) is 2.40. The Kier molecular flexibility index (Phi) is 5.68. The van der Waals surface area contributed by atoms with E-state index in [9.17, 15) is 9.90 Å². The van der Waals surface area contributed by atoms with E-state index in [1.165, 1.54) is 12.8 Å². The van der Waals surface area contributed by atoms with Crippen molar-refractivity contribution >= 4 is 11.7 Å². The number of carboxylic acids is 1. The molecule has 0 spiro atoms. The summed E-state index contributed by atoms with van der Waals surface area (Å²) < 4.78 is 11.3. The Morgan fingerprint density at radius 2 is 2.08 bits per heavy atom. The number of benzene rings is 1. The number of piperazine rings is 1. The zero-order valence-corrected chi connectivity index (χ0v) is 15.2. The zero-order chi connectivity index (χ0) is 17.8. The van der Waals surface area contributed by atoms with Crippen LogP contribution < -0.4 is 14.4 Å². The molecule has 25 heavy (non-hydrogen) atoms. The van der Waals surface area contributed by atoms with Crippen molar-refractivity contribution in [3.8, 4) is 11.5 Å². The maximum Gasteiger partial charge on any atom is 0.344 e. The second-order valence-electron chi connectivity index (χ2n) is 6.80.